The smallest absolute Gasteiger partial charge is 0.313 e. The van der Waals surface area contributed by atoms with Crippen LogP contribution < -0.4 is 5.32 Å². The summed E-state index contributed by atoms with van der Waals surface area (Å²) < 4.78 is 65.1. The van der Waals surface area contributed by atoms with Crippen molar-refractivity contribution >= 4 is 11.8 Å². The largest absolute Gasteiger partial charge is 0.416 e. The van der Waals surface area contributed by atoms with Crippen LogP contribution in [-0.2, 0) is 12.7 Å². The van der Waals surface area contributed by atoms with Crippen molar-refractivity contribution in [1.82, 2.24) is 10.2 Å². The van der Waals surface area contributed by atoms with Crippen molar-refractivity contribution in [2.45, 2.75) is 36.9 Å². The highest BCUT2D eigenvalue weighted by atomic mass is 32.2. The van der Waals surface area contributed by atoms with Crippen molar-refractivity contribution in [2.75, 3.05) is 25.4 Å². The normalized spacial score (nSPS) is 15.5. The van der Waals surface area contributed by atoms with Crippen molar-refractivity contribution in [3.63, 3.8) is 0 Å². The molecule has 1 heterocycles. The van der Waals surface area contributed by atoms with Crippen LogP contribution in [0, 0.1) is 11.6 Å². The Morgan fingerprint density at radius 3 is 1.83 bits per heavy atom. The lowest BCUT2D eigenvalue weighted by Gasteiger charge is -2.32. The van der Waals surface area contributed by atoms with Crippen LogP contribution >= 0.6 is 11.8 Å². The Hall–Kier alpha value is -2.42. The molecule has 2 nitrogen and oxygen atoms in total. The van der Waals surface area contributed by atoms with Gasteiger partial charge >= 0.3 is 6.18 Å². The number of benzene rings is 3. The van der Waals surface area contributed by atoms with Crippen LogP contribution in [0.4, 0.5) is 22.0 Å². The predicted octanol–water partition coefficient (Wildman–Crippen LogP) is 7.06. The van der Waals surface area contributed by atoms with E-state index in [-0.39, 0.29) is 16.9 Å². The van der Waals surface area contributed by atoms with E-state index in [0.29, 0.717) is 12.6 Å². The van der Waals surface area contributed by atoms with Crippen molar-refractivity contribution in [1.29, 1.82) is 0 Å². The minimum Gasteiger partial charge on any atom is -0.313 e. The summed E-state index contributed by atoms with van der Waals surface area (Å²) in [5.74, 6) is 0.270. The van der Waals surface area contributed by atoms with E-state index in [2.05, 4.69) is 10.2 Å². The van der Waals surface area contributed by atoms with Crippen LogP contribution in [0.1, 0.15) is 40.3 Å². The summed E-state index contributed by atoms with van der Waals surface area (Å²) in [5.41, 5.74) is 2.22. The van der Waals surface area contributed by atoms with E-state index >= 15 is 0 Å². The van der Waals surface area contributed by atoms with Gasteiger partial charge in [0.25, 0.3) is 0 Å². The summed E-state index contributed by atoms with van der Waals surface area (Å²) in [6.07, 6.45) is -2.35. The van der Waals surface area contributed by atoms with Gasteiger partial charge < -0.3 is 5.32 Å². The Labute approximate surface area is 212 Å². The second kappa shape index (κ2) is 12.2. The van der Waals surface area contributed by atoms with E-state index in [1.165, 1.54) is 24.3 Å². The lowest BCUT2D eigenvalue weighted by molar-refractivity contribution is -0.137. The van der Waals surface area contributed by atoms with Crippen LogP contribution in [-0.4, -0.2) is 36.3 Å². The molecule has 1 aliphatic rings. The molecule has 1 fully saturated rings. The first kappa shape index (κ1) is 26.6. The van der Waals surface area contributed by atoms with E-state index in [1.807, 2.05) is 0 Å². The zero-order valence-electron chi connectivity index (χ0n) is 19.8. The van der Waals surface area contributed by atoms with Crippen LogP contribution in [0.15, 0.2) is 72.8 Å². The zero-order valence-corrected chi connectivity index (χ0v) is 20.6. The summed E-state index contributed by atoms with van der Waals surface area (Å²) in [6.45, 7) is 3.24. The van der Waals surface area contributed by atoms with Crippen LogP contribution in [0.3, 0.4) is 0 Å². The van der Waals surface area contributed by atoms with E-state index in [4.69, 9.17) is 0 Å². The average molecular weight is 521 g/mol. The molecule has 0 atom stereocenters. The molecule has 0 saturated carbocycles. The first-order valence-electron chi connectivity index (χ1n) is 12.0. The van der Waals surface area contributed by atoms with Gasteiger partial charge in [0, 0.05) is 24.9 Å². The van der Waals surface area contributed by atoms with Gasteiger partial charge in [-0.25, -0.2) is 8.78 Å². The molecule has 0 aliphatic carbocycles. The molecule has 0 radical (unpaired) electrons. The Morgan fingerprint density at radius 2 is 1.33 bits per heavy atom. The summed E-state index contributed by atoms with van der Waals surface area (Å²) in [4.78, 5) is 2.27. The standard InChI is InChI=1S/C28H29F5N2S/c29-24-9-3-21(4-10-24)27(22-5-11-25(30)12-6-22)36-18-15-34-26-13-16-35(17-14-26)19-20-1-7-23(8-2-20)28(31,32)33/h1-12,26-27,34H,13-19H2. The quantitative estimate of drug-likeness (QED) is 0.240. The van der Waals surface area contributed by atoms with Crippen molar-refractivity contribution < 1.29 is 22.0 Å². The third-order valence-electron chi connectivity index (χ3n) is 6.44. The number of piperidine rings is 1. The second-order valence-corrected chi connectivity index (χ2v) is 10.3. The molecule has 3 aromatic carbocycles. The number of likely N-dealkylation sites (tertiary alicyclic amines) is 1. The Balaban J connectivity index is 1.22. The number of alkyl halides is 3. The minimum absolute atomic E-state index is 0.0152. The maximum Gasteiger partial charge on any atom is 0.416 e. The molecule has 1 N–H and O–H groups in total. The maximum absolute atomic E-state index is 13.4. The van der Waals surface area contributed by atoms with E-state index in [0.717, 1.165) is 67.1 Å². The summed E-state index contributed by atoms with van der Waals surface area (Å²) in [7, 11) is 0. The topological polar surface area (TPSA) is 15.3 Å². The van der Waals surface area contributed by atoms with E-state index < -0.39 is 11.7 Å². The fourth-order valence-corrected chi connectivity index (χ4v) is 5.62. The average Bonchev–Trinajstić information content (AvgIpc) is 2.86. The molecule has 1 saturated heterocycles. The molecule has 4 rings (SSSR count). The molecule has 0 bridgehead atoms. The van der Waals surface area contributed by atoms with E-state index in [9.17, 15) is 22.0 Å². The first-order chi connectivity index (χ1) is 17.3. The molecule has 0 unspecified atom stereocenters. The number of nitrogens with one attached hydrogen (secondary N) is 1. The summed E-state index contributed by atoms with van der Waals surface area (Å²) in [6, 6.07) is 18.7. The highest BCUT2D eigenvalue weighted by molar-refractivity contribution is 7.99. The number of thioether (sulfide) groups is 1. The zero-order chi connectivity index (χ0) is 25.5. The Morgan fingerprint density at radius 1 is 0.806 bits per heavy atom. The lowest BCUT2D eigenvalue weighted by atomic mass is 10.0. The third-order valence-corrected chi connectivity index (χ3v) is 7.76. The van der Waals surface area contributed by atoms with Crippen LogP contribution in [0.2, 0.25) is 0 Å². The monoisotopic (exact) mass is 520 g/mol. The molecular weight excluding hydrogens is 491 g/mol. The van der Waals surface area contributed by atoms with Gasteiger partial charge in [0.1, 0.15) is 11.6 Å². The van der Waals surface area contributed by atoms with Gasteiger partial charge in [-0.1, -0.05) is 36.4 Å². The Bertz CT molecular complexity index is 1030. The molecule has 192 valence electrons. The number of hydrogen-bond donors (Lipinski definition) is 1. The predicted molar refractivity (Wildman–Crippen MR) is 135 cm³/mol. The maximum atomic E-state index is 13.4. The molecule has 3 aromatic rings. The van der Waals surface area contributed by atoms with Gasteiger partial charge in [0.15, 0.2) is 0 Å². The highest BCUT2D eigenvalue weighted by Crippen LogP contribution is 2.35. The van der Waals surface area contributed by atoms with Gasteiger partial charge in [-0.2, -0.15) is 13.2 Å². The lowest BCUT2D eigenvalue weighted by Crippen LogP contribution is -2.42. The minimum atomic E-state index is -4.31. The van der Waals surface area contributed by atoms with Crippen LogP contribution in [0.25, 0.3) is 0 Å². The SMILES string of the molecule is Fc1ccc(C(SCCNC2CCN(Cc3ccc(C(F)(F)F)cc3)CC2)c2ccc(F)cc2)cc1. The molecule has 0 spiro atoms. The van der Waals surface area contributed by atoms with E-state index in [1.54, 1.807) is 48.2 Å². The molecule has 36 heavy (non-hydrogen) atoms. The second-order valence-electron chi connectivity index (χ2n) is 9.05. The van der Waals surface area contributed by atoms with Gasteiger partial charge in [-0.3, -0.25) is 4.90 Å². The third kappa shape index (κ3) is 7.54. The van der Waals surface area contributed by atoms with Gasteiger partial charge in [0.05, 0.1) is 10.8 Å². The van der Waals surface area contributed by atoms with Crippen molar-refractivity contribution in [2.24, 2.45) is 0 Å². The number of hydrogen-bond acceptors (Lipinski definition) is 3. The van der Waals surface area contributed by atoms with Crippen molar-refractivity contribution in [3.8, 4) is 0 Å². The summed E-state index contributed by atoms with van der Waals surface area (Å²) >= 11 is 1.74. The van der Waals surface area contributed by atoms with Gasteiger partial charge in [-0.05, 0) is 79.0 Å². The van der Waals surface area contributed by atoms with Gasteiger partial charge in [0.2, 0.25) is 0 Å². The Kier molecular flexibility index (Phi) is 9.04. The number of nitrogens with zero attached hydrogens (tertiary/aromatic N) is 1. The molecule has 8 heteroatoms. The van der Waals surface area contributed by atoms with Crippen molar-refractivity contribution in [3.05, 3.63) is 107 Å². The first-order valence-corrected chi connectivity index (χ1v) is 13.1. The highest BCUT2D eigenvalue weighted by Gasteiger charge is 2.30. The molecule has 0 amide bonds. The molecular formula is C28H29F5N2S. The number of halogens is 5. The number of rotatable bonds is 9. The van der Waals surface area contributed by atoms with Crippen LogP contribution in [0.5, 0.6) is 0 Å². The molecule has 0 aromatic heterocycles. The fourth-order valence-electron chi connectivity index (χ4n) is 4.45. The molecule has 1 aliphatic heterocycles. The summed E-state index contributed by atoms with van der Waals surface area (Å²) in [5, 5.41) is 3.60. The van der Waals surface area contributed by atoms with Gasteiger partial charge in [-0.15, -0.1) is 11.8 Å². The fraction of sp³-hybridized carbons (Fsp3) is 0.357.